The maximum absolute atomic E-state index is 11.8. The summed E-state index contributed by atoms with van der Waals surface area (Å²) in [7, 11) is 0. The zero-order valence-electron chi connectivity index (χ0n) is 8.54. The molecular formula is C11H9N3O2. The molecule has 0 radical (unpaired) electrons. The van der Waals surface area contributed by atoms with Crippen molar-refractivity contribution in [2.24, 2.45) is 16.2 Å². The van der Waals surface area contributed by atoms with Crippen LogP contribution in [0.25, 0.3) is 0 Å². The zero-order chi connectivity index (χ0) is 11.6. The fourth-order valence-electron chi connectivity index (χ4n) is 3.97. The van der Waals surface area contributed by atoms with Crippen molar-refractivity contribution in [2.45, 2.75) is 25.7 Å². The molecule has 0 aromatic carbocycles. The van der Waals surface area contributed by atoms with Gasteiger partial charge < -0.3 is 0 Å². The predicted molar refractivity (Wildman–Crippen MR) is 50.1 cm³/mol. The second-order valence-electron chi connectivity index (χ2n) is 4.80. The second-order valence-corrected chi connectivity index (χ2v) is 4.80. The molecule has 1 N–H and O–H groups in total. The molecule has 0 aromatic heterocycles. The Labute approximate surface area is 92.0 Å². The first kappa shape index (κ1) is 9.35. The van der Waals surface area contributed by atoms with E-state index in [-0.39, 0.29) is 0 Å². The average molecular weight is 215 g/mol. The van der Waals surface area contributed by atoms with E-state index < -0.39 is 28.1 Å². The van der Waals surface area contributed by atoms with E-state index in [1.165, 1.54) is 0 Å². The van der Waals surface area contributed by atoms with Crippen molar-refractivity contribution in [3.05, 3.63) is 0 Å². The number of carbonyl (C=O) groups is 2. The van der Waals surface area contributed by atoms with E-state index in [0.29, 0.717) is 12.8 Å². The number of piperidine rings is 1. The fourth-order valence-corrected chi connectivity index (χ4v) is 3.97. The highest BCUT2D eigenvalue weighted by atomic mass is 16.2. The molecule has 2 amide bonds. The van der Waals surface area contributed by atoms with Crippen molar-refractivity contribution in [1.82, 2.24) is 5.32 Å². The van der Waals surface area contributed by atoms with Gasteiger partial charge in [0.15, 0.2) is 10.8 Å². The Kier molecular flexibility index (Phi) is 1.33. The summed E-state index contributed by atoms with van der Waals surface area (Å²) >= 11 is 0. The molecule has 2 saturated carbocycles. The van der Waals surface area contributed by atoms with E-state index in [1.807, 2.05) is 12.1 Å². The third-order valence-corrected chi connectivity index (χ3v) is 4.64. The highest BCUT2D eigenvalue weighted by Gasteiger charge is 2.98. The number of carbonyl (C=O) groups excluding carboxylic acids is 2. The van der Waals surface area contributed by atoms with Gasteiger partial charge in [0.1, 0.15) is 0 Å². The molecule has 5 nitrogen and oxygen atoms in total. The van der Waals surface area contributed by atoms with Gasteiger partial charge in [-0.15, -0.1) is 0 Å². The number of hydrogen-bond donors (Lipinski definition) is 1. The largest absolute Gasteiger partial charge is 0.293 e. The van der Waals surface area contributed by atoms with Crippen LogP contribution in [-0.2, 0) is 9.59 Å². The van der Waals surface area contributed by atoms with Crippen LogP contribution in [0.3, 0.4) is 0 Å². The summed E-state index contributed by atoms with van der Waals surface area (Å²) in [5.41, 5.74) is -3.49. The molecule has 2 atom stereocenters. The summed E-state index contributed by atoms with van der Waals surface area (Å²) in [6.45, 7) is 0. The Hall–Kier alpha value is -1.88. The van der Waals surface area contributed by atoms with Crippen molar-refractivity contribution in [3.63, 3.8) is 0 Å². The summed E-state index contributed by atoms with van der Waals surface area (Å²) in [6.07, 6.45) is 3.03. The third kappa shape index (κ3) is 0.512. The van der Waals surface area contributed by atoms with Gasteiger partial charge in [-0.2, -0.15) is 10.5 Å². The van der Waals surface area contributed by atoms with Gasteiger partial charge in [-0.05, 0) is 12.8 Å². The van der Waals surface area contributed by atoms with E-state index >= 15 is 0 Å². The summed E-state index contributed by atoms with van der Waals surface area (Å²) in [4.78, 5) is 23.6. The van der Waals surface area contributed by atoms with Gasteiger partial charge in [0.25, 0.3) is 0 Å². The lowest BCUT2D eigenvalue weighted by atomic mass is 9.89. The molecule has 3 rings (SSSR count). The average Bonchev–Trinajstić information content (AvgIpc) is 2.56. The Morgan fingerprint density at radius 1 is 1.00 bits per heavy atom. The molecular weight excluding hydrogens is 206 g/mol. The Morgan fingerprint density at radius 3 is 1.81 bits per heavy atom. The maximum atomic E-state index is 11.8. The van der Waals surface area contributed by atoms with Crippen molar-refractivity contribution >= 4 is 11.8 Å². The first-order valence-electron chi connectivity index (χ1n) is 5.31. The molecule has 5 heteroatoms. The molecule has 3 aliphatic rings. The van der Waals surface area contributed by atoms with Crippen LogP contribution in [0.5, 0.6) is 0 Å². The lowest BCUT2D eigenvalue weighted by Crippen LogP contribution is -2.36. The van der Waals surface area contributed by atoms with Crippen LogP contribution in [-0.4, -0.2) is 11.8 Å². The quantitative estimate of drug-likeness (QED) is 0.585. The predicted octanol–water partition coefficient (Wildman–Crippen LogP) is 0.237. The summed E-state index contributed by atoms with van der Waals surface area (Å²) < 4.78 is 0. The van der Waals surface area contributed by atoms with Crippen molar-refractivity contribution in [2.75, 3.05) is 0 Å². The van der Waals surface area contributed by atoms with Gasteiger partial charge in [-0.25, -0.2) is 0 Å². The van der Waals surface area contributed by atoms with E-state index in [2.05, 4.69) is 5.32 Å². The number of nitriles is 2. The van der Waals surface area contributed by atoms with Crippen LogP contribution in [0, 0.1) is 38.9 Å². The molecule has 1 saturated heterocycles. The van der Waals surface area contributed by atoms with Crippen LogP contribution in [0.4, 0.5) is 0 Å². The van der Waals surface area contributed by atoms with Crippen LogP contribution in [0.1, 0.15) is 25.7 Å². The molecule has 2 aliphatic carbocycles. The number of rotatable bonds is 0. The number of fused-ring (bicyclic) bond motifs is 3. The highest BCUT2D eigenvalue weighted by molar-refractivity contribution is 6.19. The normalized spacial score (nSPS) is 42.4. The van der Waals surface area contributed by atoms with Crippen molar-refractivity contribution in [1.29, 1.82) is 10.5 Å². The number of nitrogens with one attached hydrogen (secondary N) is 1. The molecule has 3 fully saturated rings. The van der Waals surface area contributed by atoms with Crippen molar-refractivity contribution < 1.29 is 9.59 Å². The number of nitrogens with zero attached hydrogens (tertiary/aromatic N) is 2. The second kappa shape index (κ2) is 2.27. The SMILES string of the molecule is N#C[C@@]12C(=O)NC(=O)[C@]1(C#N)C21CCCC1. The Bertz CT molecular complexity index is 466. The molecule has 1 spiro atoms. The summed E-state index contributed by atoms with van der Waals surface area (Å²) in [5, 5.41) is 20.7. The summed E-state index contributed by atoms with van der Waals surface area (Å²) in [6, 6.07) is 3.93. The molecule has 0 aromatic rings. The minimum atomic E-state index is -1.40. The number of hydrogen-bond acceptors (Lipinski definition) is 4. The van der Waals surface area contributed by atoms with Crippen molar-refractivity contribution in [3.8, 4) is 12.1 Å². The standard InChI is InChI=1S/C11H9N3O2/c12-5-10-7(15)14-8(16)11(10,6-13)9(10)3-1-2-4-9/h1-4H2,(H,14,15,16)/t10-,11+. The Balaban J connectivity index is 2.27. The van der Waals surface area contributed by atoms with Gasteiger partial charge in [-0.3, -0.25) is 14.9 Å². The number of amides is 2. The van der Waals surface area contributed by atoms with Gasteiger partial charge in [0.2, 0.25) is 11.8 Å². The third-order valence-electron chi connectivity index (χ3n) is 4.64. The van der Waals surface area contributed by atoms with Gasteiger partial charge >= 0.3 is 0 Å². The lowest BCUT2D eigenvalue weighted by molar-refractivity contribution is -0.130. The topological polar surface area (TPSA) is 93.8 Å². The zero-order valence-corrected chi connectivity index (χ0v) is 8.54. The minimum Gasteiger partial charge on any atom is -0.293 e. The molecule has 1 heterocycles. The monoisotopic (exact) mass is 215 g/mol. The van der Waals surface area contributed by atoms with Gasteiger partial charge in [-0.1, -0.05) is 12.8 Å². The molecule has 1 aliphatic heterocycles. The molecule has 16 heavy (non-hydrogen) atoms. The first-order chi connectivity index (χ1) is 7.63. The van der Waals surface area contributed by atoms with E-state index in [1.54, 1.807) is 0 Å². The van der Waals surface area contributed by atoms with E-state index in [4.69, 9.17) is 0 Å². The van der Waals surface area contributed by atoms with Crippen LogP contribution >= 0.6 is 0 Å². The van der Waals surface area contributed by atoms with E-state index in [9.17, 15) is 20.1 Å². The number of imide groups is 1. The molecule has 0 bridgehead atoms. The van der Waals surface area contributed by atoms with Gasteiger partial charge in [0, 0.05) is 5.41 Å². The lowest BCUT2D eigenvalue weighted by Gasteiger charge is -2.15. The van der Waals surface area contributed by atoms with Crippen LogP contribution in [0.15, 0.2) is 0 Å². The maximum Gasteiger partial charge on any atom is 0.249 e. The van der Waals surface area contributed by atoms with Crippen LogP contribution in [0.2, 0.25) is 0 Å². The summed E-state index contributed by atoms with van der Waals surface area (Å²) in [5.74, 6) is -1.13. The fraction of sp³-hybridized carbons (Fsp3) is 0.636. The highest BCUT2D eigenvalue weighted by Crippen LogP contribution is 2.85. The smallest absolute Gasteiger partial charge is 0.249 e. The molecule has 0 unspecified atom stereocenters. The Morgan fingerprint density at radius 2 is 1.44 bits per heavy atom. The van der Waals surface area contributed by atoms with Gasteiger partial charge in [0.05, 0.1) is 12.1 Å². The van der Waals surface area contributed by atoms with E-state index in [0.717, 1.165) is 12.8 Å². The molecule has 80 valence electrons. The van der Waals surface area contributed by atoms with Crippen LogP contribution < -0.4 is 5.32 Å². The minimum absolute atomic E-state index is 0.566. The first-order valence-corrected chi connectivity index (χ1v) is 5.31.